The normalized spacial score (nSPS) is 11.6. The van der Waals surface area contributed by atoms with Gasteiger partial charge in [0.1, 0.15) is 0 Å². The van der Waals surface area contributed by atoms with Gasteiger partial charge in [0.2, 0.25) is 0 Å². The quantitative estimate of drug-likeness (QED) is 0.167. The zero-order valence-corrected chi connectivity index (χ0v) is 29.9. The van der Waals surface area contributed by atoms with E-state index < -0.39 is 0 Å². The molecule has 9 aromatic carbocycles. The van der Waals surface area contributed by atoms with Crippen LogP contribution in [-0.2, 0) is 0 Å². The van der Waals surface area contributed by atoms with Crippen LogP contribution in [0.25, 0.3) is 105 Å². The Morgan fingerprint density at radius 2 is 0.764 bits per heavy atom. The molecule has 0 bridgehead atoms. The fourth-order valence-corrected chi connectivity index (χ4v) is 8.35. The van der Waals surface area contributed by atoms with Crippen LogP contribution >= 0.6 is 0 Å². The lowest BCUT2D eigenvalue weighted by Crippen LogP contribution is -1.96. The van der Waals surface area contributed by atoms with Crippen molar-refractivity contribution < 1.29 is 0 Å². The minimum Gasteiger partial charge on any atom is -0.309 e. The Labute approximate surface area is 318 Å². The molecular formula is C52H33N3. The Morgan fingerprint density at radius 1 is 0.273 bits per heavy atom. The van der Waals surface area contributed by atoms with Crippen LogP contribution in [0, 0.1) is 0 Å². The van der Waals surface area contributed by atoms with E-state index in [-0.39, 0.29) is 0 Å². The highest BCUT2D eigenvalue weighted by Gasteiger charge is 2.18. The molecule has 3 nitrogen and oxygen atoms in total. The third kappa shape index (κ3) is 5.20. The third-order valence-electron chi connectivity index (χ3n) is 11.0. The fraction of sp³-hybridized carbons (Fsp3) is 0. The largest absolute Gasteiger partial charge is 0.309 e. The van der Waals surface area contributed by atoms with E-state index in [1.54, 1.807) is 0 Å². The second-order valence-corrected chi connectivity index (χ2v) is 14.2. The molecule has 0 unspecified atom stereocenters. The van der Waals surface area contributed by atoms with E-state index >= 15 is 0 Å². The van der Waals surface area contributed by atoms with Gasteiger partial charge in [-0.1, -0.05) is 158 Å². The number of nitrogens with zero attached hydrogens (tertiary/aromatic N) is 3. The molecule has 0 aliphatic rings. The maximum atomic E-state index is 5.21. The van der Waals surface area contributed by atoms with Crippen LogP contribution in [-0.4, -0.2) is 14.5 Å². The smallest absolute Gasteiger partial charge is 0.160 e. The van der Waals surface area contributed by atoms with Gasteiger partial charge in [0.15, 0.2) is 5.82 Å². The first-order chi connectivity index (χ1) is 27.3. The minimum atomic E-state index is 0.708. The Kier molecular flexibility index (Phi) is 7.17. The average molecular weight is 700 g/mol. The number of aromatic nitrogens is 3. The van der Waals surface area contributed by atoms with Crippen LogP contribution in [0.3, 0.4) is 0 Å². The van der Waals surface area contributed by atoms with Gasteiger partial charge in [-0.2, -0.15) is 0 Å². The monoisotopic (exact) mass is 699 g/mol. The summed E-state index contributed by atoms with van der Waals surface area (Å²) in [5.41, 5.74) is 10.8. The van der Waals surface area contributed by atoms with Gasteiger partial charge in [-0.25, -0.2) is 9.97 Å². The van der Waals surface area contributed by atoms with Crippen LogP contribution in [0.2, 0.25) is 0 Å². The van der Waals surface area contributed by atoms with Crippen molar-refractivity contribution in [3.05, 3.63) is 200 Å². The van der Waals surface area contributed by atoms with E-state index in [0.29, 0.717) is 5.82 Å². The molecule has 0 amide bonds. The maximum Gasteiger partial charge on any atom is 0.160 e. The molecule has 0 fully saturated rings. The van der Waals surface area contributed by atoms with E-state index in [4.69, 9.17) is 9.97 Å². The average Bonchev–Trinajstić information content (AvgIpc) is 3.60. The molecule has 0 aliphatic heterocycles. The molecule has 0 saturated heterocycles. The van der Waals surface area contributed by atoms with Gasteiger partial charge in [0, 0.05) is 33.2 Å². The summed E-state index contributed by atoms with van der Waals surface area (Å²) in [5.74, 6) is 0.708. The van der Waals surface area contributed by atoms with Crippen molar-refractivity contribution in [1.82, 2.24) is 14.5 Å². The fourth-order valence-electron chi connectivity index (χ4n) is 8.35. The molecule has 0 spiro atoms. The lowest BCUT2D eigenvalue weighted by Gasteiger charge is -2.14. The molecule has 256 valence electrons. The van der Waals surface area contributed by atoms with Crippen molar-refractivity contribution >= 4 is 54.1 Å². The summed E-state index contributed by atoms with van der Waals surface area (Å²) in [5, 5.41) is 9.90. The molecule has 3 heteroatoms. The van der Waals surface area contributed by atoms with Crippen molar-refractivity contribution in [3.8, 4) is 50.7 Å². The summed E-state index contributed by atoms with van der Waals surface area (Å²) < 4.78 is 2.40. The Balaban J connectivity index is 1.13. The molecule has 2 aromatic heterocycles. The van der Waals surface area contributed by atoms with E-state index in [1.807, 2.05) is 24.3 Å². The highest BCUT2D eigenvalue weighted by Crippen LogP contribution is 2.42. The van der Waals surface area contributed by atoms with Gasteiger partial charge in [-0.15, -0.1) is 0 Å². The van der Waals surface area contributed by atoms with Crippen LogP contribution in [0.5, 0.6) is 0 Å². The van der Waals surface area contributed by atoms with Crippen LogP contribution in [0.4, 0.5) is 0 Å². The van der Waals surface area contributed by atoms with Crippen molar-refractivity contribution in [2.75, 3.05) is 0 Å². The predicted octanol–water partition coefficient (Wildman–Crippen LogP) is 13.7. The number of fused-ring (bicyclic) bond motifs is 9. The van der Waals surface area contributed by atoms with E-state index in [0.717, 1.165) is 33.8 Å². The maximum absolute atomic E-state index is 5.21. The summed E-state index contributed by atoms with van der Waals surface area (Å²) in [7, 11) is 0. The first-order valence-electron chi connectivity index (χ1n) is 18.7. The van der Waals surface area contributed by atoms with Crippen molar-refractivity contribution in [1.29, 1.82) is 0 Å². The second kappa shape index (κ2) is 12.6. The van der Waals surface area contributed by atoms with Crippen LogP contribution < -0.4 is 0 Å². The first-order valence-corrected chi connectivity index (χ1v) is 18.7. The number of benzene rings is 9. The lowest BCUT2D eigenvalue weighted by molar-refractivity contribution is 1.18. The predicted molar refractivity (Wildman–Crippen MR) is 231 cm³/mol. The molecule has 0 saturated carbocycles. The van der Waals surface area contributed by atoms with E-state index in [1.165, 1.54) is 65.3 Å². The highest BCUT2D eigenvalue weighted by molar-refractivity contribution is 6.29. The van der Waals surface area contributed by atoms with E-state index in [9.17, 15) is 0 Å². The number of hydrogen-bond acceptors (Lipinski definition) is 2. The lowest BCUT2D eigenvalue weighted by atomic mass is 9.91. The topological polar surface area (TPSA) is 30.7 Å². The highest BCUT2D eigenvalue weighted by atomic mass is 15.0. The van der Waals surface area contributed by atoms with Gasteiger partial charge in [-0.05, 0) is 85.9 Å². The summed E-state index contributed by atoms with van der Waals surface area (Å²) in [6.45, 7) is 0. The third-order valence-corrected chi connectivity index (χ3v) is 11.0. The summed E-state index contributed by atoms with van der Waals surface area (Å²) in [4.78, 5) is 10.3. The second-order valence-electron chi connectivity index (χ2n) is 14.2. The van der Waals surface area contributed by atoms with Gasteiger partial charge in [-0.3, -0.25) is 0 Å². The Hall–Kier alpha value is -7.36. The number of hydrogen-bond donors (Lipinski definition) is 0. The molecule has 11 aromatic rings. The van der Waals surface area contributed by atoms with Gasteiger partial charge >= 0.3 is 0 Å². The summed E-state index contributed by atoms with van der Waals surface area (Å²) in [6, 6.07) is 71.5. The standard InChI is InChI=1S/C52H33N3/c1-4-14-34(15-5-1)35-24-26-36(27-25-35)48-33-49(54-52(53-48)37-16-6-2-7-17-37)38-28-29-42-44(30-38)40-20-10-11-21-41(40)45-31-47-43-22-12-13-23-50(43)55(51(47)32-46(42)45)39-18-8-3-9-19-39/h1-33H. The summed E-state index contributed by atoms with van der Waals surface area (Å²) in [6.07, 6.45) is 0. The first kappa shape index (κ1) is 31.2. The van der Waals surface area contributed by atoms with Gasteiger partial charge < -0.3 is 4.57 Å². The van der Waals surface area contributed by atoms with Gasteiger partial charge in [0.05, 0.1) is 22.4 Å². The Bertz CT molecular complexity index is 3220. The molecule has 0 radical (unpaired) electrons. The van der Waals surface area contributed by atoms with Gasteiger partial charge in [0.25, 0.3) is 0 Å². The molecule has 2 heterocycles. The minimum absolute atomic E-state index is 0.708. The van der Waals surface area contributed by atoms with Crippen LogP contribution in [0.1, 0.15) is 0 Å². The SMILES string of the molecule is c1ccc(-c2ccc(-c3cc(-c4ccc5c(c4)c4ccccc4c4cc6c7ccccc7n(-c7ccccc7)c6cc54)nc(-c4ccccc4)n3)cc2)cc1. The molecular weight excluding hydrogens is 667 g/mol. The molecule has 0 aliphatic carbocycles. The molecule has 0 N–H and O–H groups in total. The molecule has 55 heavy (non-hydrogen) atoms. The van der Waals surface area contributed by atoms with Crippen molar-refractivity contribution in [2.45, 2.75) is 0 Å². The Morgan fingerprint density at radius 3 is 1.47 bits per heavy atom. The summed E-state index contributed by atoms with van der Waals surface area (Å²) >= 11 is 0. The molecule has 11 rings (SSSR count). The van der Waals surface area contributed by atoms with Crippen molar-refractivity contribution in [2.24, 2.45) is 0 Å². The molecule has 0 atom stereocenters. The van der Waals surface area contributed by atoms with Crippen molar-refractivity contribution in [3.63, 3.8) is 0 Å². The van der Waals surface area contributed by atoms with Crippen LogP contribution in [0.15, 0.2) is 200 Å². The number of para-hydroxylation sites is 2. The zero-order valence-electron chi connectivity index (χ0n) is 29.9. The number of rotatable bonds is 5. The van der Waals surface area contributed by atoms with E-state index in [2.05, 4.69) is 180 Å². The zero-order chi connectivity index (χ0) is 36.3.